The second-order valence-electron chi connectivity index (χ2n) is 9.68. The first-order chi connectivity index (χ1) is 13.4. The van der Waals surface area contributed by atoms with E-state index in [1.54, 1.807) is 6.92 Å². The van der Waals surface area contributed by atoms with Crippen LogP contribution < -0.4 is 5.32 Å². The third-order valence-corrected chi connectivity index (χ3v) is 7.22. The quantitative estimate of drug-likeness (QED) is 0.715. The van der Waals surface area contributed by atoms with Crippen LogP contribution in [-0.2, 0) is 20.7 Å². The first-order valence-corrected chi connectivity index (χ1v) is 11.0. The van der Waals surface area contributed by atoms with E-state index in [1.807, 2.05) is 25.1 Å². The molecular weight excluding hydrogens is 350 g/mol. The number of aryl methyl sites for hydroxylation is 1. The van der Waals surface area contributed by atoms with Gasteiger partial charge < -0.3 is 10.1 Å². The molecule has 1 amide bonds. The largest absolute Gasteiger partial charge is 0.452 e. The molecule has 4 aliphatic rings. The molecule has 28 heavy (non-hydrogen) atoms. The van der Waals surface area contributed by atoms with Crippen LogP contribution in [0.4, 0.5) is 0 Å². The van der Waals surface area contributed by atoms with Crippen LogP contribution in [0.5, 0.6) is 0 Å². The van der Waals surface area contributed by atoms with Crippen LogP contribution in [0.1, 0.15) is 64.4 Å². The predicted octanol–water partition coefficient (Wildman–Crippen LogP) is 4.27. The molecule has 0 spiro atoms. The number of amides is 1. The van der Waals surface area contributed by atoms with Gasteiger partial charge in [-0.3, -0.25) is 9.59 Å². The number of esters is 1. The van der Waals surface area contributed by atoms with Crippen molar-refractivity contribution >= 4 is 11.9 Å². The zero-order chi connectivity index (χ0) is 19.7. The molecule has 4 aliphatic carbocycles. The van der Waals surface area contributed by atoms with Crippen LogP contribution in [0.25, 0.3) is 0 Å². The second-order valence-corrected chi connectivity index (χ2v) is 9.68. The van der Waals surface area contributed by atoms with Gasteiger partial charge >= 0.3 is 5.97 Å². The molecule has 0 radical (unpaired) electrons. The van der Waals surface area contributed by atoms with Crippen LogP contribution in [0.15, 0.2) is 30.3 Å². The topological polar surface area (TPSA) is 55.4 Å². The lowest BCUT2D eigenvalue weighted by atomic mass is 9.49. The predicted molar refractivity (Wildman–Crippen MR) is 109 cm³/mol. The monoisotopic (exact) mass is 383 g/mol. The van der Waals surface area contributed by atoms with E-state index in [-0.39, 0.29) is 23.3 Å². The van der Waals surface area contributed by atoms with Gasteiger partial charge in [-0.05, 0) is 88.5 Å². The highest BCUT2D eigenvalue weighted by atomic mass is 16.5. The SMILES string of the molecule is C[C@@H](CCc1ccccc1)NC(=O)[C@@H](C)OC(=O)C12CC3CC(CC(C3)C1)C2. The van der Waals surface area contributed by atoms with Crippen LogP contribution in [-0.4, -0.2) is 24.0 Å². The van der Waals surface area contributed by atoms with E-state index in [0.29, 0.717) is 17.8 Å². The maximum absolute atomic E-state index is 13.0. The van der Waals surface area contributed by atoms with E-state index in [4.69, 9.17) is 4.74 Å². The van der Waals surface area contributed by atoms with Crippen molar-refractivity contribution in [3.05, 3.63) is 35.9 Å². The molecule has 1 aromatic rings. The third-order valence-electron chi connectivity index (χ3n) is 7.22. The van der Waals surface area contributed by atoms with E-state index in [9.17, 15) is 9.59 Å². The van der Waals surface area contributed by atoms with Gasteiger partial charge in [0.15, 0.2) is 6.10 Å². The van der Waals surface area contributed by atoms with E-state index in [1.165, 1.54) is 24.8 Å². The minimum Gasteiger partial charge on any atom is -0.452 e. The van der Waals surface area contributed by atoms with Crippen molar-refractivity contribution in [1.29, 1.82) is 0 Å². The Balaban J connectivity index is 1.26. The summed E-state index contributed by atoms with van der Waals surface area (Å²) in [6.45, 7) is 3.71. The molecule has 4 heteroatoms. The molecule has 152 valence electrons. The molecular formula is C24H33NO3. The summed E-state index contributed by atoms with van der Waals surface area (Å²) >= 11 is 0. The summed E-state index contributed by atoms with van der Waals surface area (Å²) in [5.74, 6) is 1.78. The van der Waals surface area contributed by atoms with Gasteiger partial charge in [0.2, 0.25) is 0 Å². The zero-order valence-electron chi connectivity index (χ0n) is 17.2. The summed E-state index contributed by atoms with van der Waals surface area (Å²) < 4.78 is 5.71. The number of hydrogen-bond acceptors (Lipinski definition) is 3. The van der Waals surface area contributed by atoms with Gasteiger partial charge in [0, 0.05) is 6.04 Å². The number of ether oxygens (including phenoxy) is 1. The highest BCUT2D eigenvalue weighted by molar-refractivity contribution is 5.85. The lowest BCUT2D eigenvalue weighted by Crippen LogP contribution is -2.52. The third kappa shape index (κ3) is 4.11. The smallest absolute Gasteiger partial charge is 0.312 e. The maximum atomic E-state index is 13.0. The van der Waals surface area contributed by atoms with Crippen molar-refractivity contribution in [2.75, 3.05) is 0 Å². The molecule has 0 aromatic heterocycles. The number of carbonyl (C=O) groups is 2. The standard InChI is InChI=1S/C24H33NO3/c1-16(8-9-18-6-4-3-5-7-18)25-22(26)17(2)28-23(27)24-13-19-10-20(14-24)12-21(11-19)15-24/h3-7,16-17,19-21H,8-15H2,1-2H3,(H,25,26)/t16-,17+,19?,20?,21?,24?/m0/s1. The van der Waals surface area contributed by atoms with Crippen molar-refractivity contribution in [2.24, 2.45) is 23.2 Å². The van der Waals surface area contributed by atoms with Gasteiger partial charge in [0.05, 0.1) is 5.41 Å². The molecule has 0 saturated heterocycles. The molecule has 5 rings (SSSR count). The van der Waals surface area contributed by atoms with Crippen LogP contribution >= 0.6 is 0 Å². The summed E-state index contributed by atoms with van der Waals surface area (Å²) in [7, 11) is 0. The first kappa shape index (κ1) is 19.5. The molecule has 1 N–H and O–H groups in total. The Bertz CT molecular complexity index is 679. The zero-order valence-corrected chi connectivity index (χ0v) is 17.2. The Morgan fingerprint density at radius 3 is 2.18 bits per heavy atom. The average Bonchev–Trinajstić information content (AvgIpc) is 2.66. The van der Waals surface area contributed by atoms with E-state index >= 15 is 0 Å². The minimum absolute atomic E-state index is 0.0495. The summed E-state index contributed by atoms with van der Waals surface area (Å²) in [6.07, 6.45) is 7.86. The molecule has 0 unspecified atom stereocenters. The lowest BCUT2D eigenvalue weighted by Gasteiger charge is -2.55. The number of carbonyl (C=O) groups excluding carboxylic acids is 2. The van der Waals surface area contributed by atoms with Crippen LogP contribution in [0, 0.1) is 23.2 Å². The number of rotatable bonds is 7. The van der Waals surface area contributed by atoms with Crippen LogP contribution in [0.2, 0.25) is 0 Å². The van der Waals surface area contributed by atoms with Gasteiger partial charge in [-0.2, -0.15) is 0 Å². The Morgan fingerprint density at radius 1 is 1.04 bits per heavy atom. The Hall–Kier alpha value is -1.84. The number of benzene rings is 1. The highest BCUT2D eigenvalue weighted by Crippen LogP contribution is 2.60. The number of hydrogen-bond donors (Lipinski definition) is 1. The Labute approximate surface area is 168 Å². The molecule has 1 aromatic carbocycles. The Kier molecular flexibility index (Phi) is 5.48. The van der Waals surface area contributed by atoms with E-state index in [0.717, 1.165) is 32.1 Å². The summed E-state index contributed by atoms with van der Waals surface area (Å²) in [5, 5.41) is 3.01. The highest BCUT2D eigenvalue weighted by Gasteiger charge is 2.55. The van der Waals surface area contributed by atoms with Crippen molar-refractivity contribution in [1.82, 2.24) is 5.32 Å². The first-order valence-electron chi connectivity index (χ1n) is 11.0. The van der Waals surface area contributed by atoms with Gasteiger partial charge in [-0.15, -0.1) is 0 Å². The van der Waals surface area contributed by atoms with Gasteiger partial charge in [-0.1, -0.05) is 30.3 Å². The molecule has 4 bridgehead atoms. The Morgan fingerprint density at radius 2 is 1.61 bits per heavy atom. The van der Waals surface area contributed by atoms with Gasteiger partial charge in [0.25, 0.3) is 5.91 Å². The maximum Gasteiger partial charge on any atom is 0.312 e. The fraction of sp³-hybridized carbons (Fsp3) is 0.667. The van der Waals surface area contributed by atoms with E-state index in [2.05, 4.69) is 17.4 Å². The summed E-state index contributed by atoms with van der Waals surface area (Å²) in [6, 6.07) is 10.3. The molecule has 2 atom stereocenters. The fourth-order valence-corrected chi connectivity index (χ4v) is 6.16. The molecule has 4 nitrogen and oxygen atoms in total. The normalized spacial score (nSPS) is 32.6. The molecule has 0 heterocycles. The molecule has 4 saturated carbocycles. The molecule has 4 fully saturated rings. The summed E-state index contributed by atoms with van der Waals surface area (Å²) in [5.41, 5.74) is 0.965. The van der Waals surface area contributed by atoms with Crippen molar-refractivity contribution < 1.29 is 14.3 Å². The van der Waals surface area contributed by atoms with Gasteiger partial charge in [-0.25, -0.2) is 0 Å². The van der Waals surface area contributed by atoms with Crippen molar-refractivity contribution in [3.8, 4) is 0 Å². The minimum atomic E-state index is -0.723. The van der Waals surface area contributed by atoms with E-state index < -0.39 is 6.10 Å². The number of nitrogens with one attached hydrogen (secondary N) is 1. The second kappa shape index (κ2) is 7.88. The van der Waals surface area contributed by atoms with Gasteiger partial charge in [0.1, 0.15) is 0 Å². The average molecular weight is 384 g/mol. The van der Waals surface area contributed by atoms with Crippen molar-refractivity contribution in [3.63, 3.8) is 0 Å². The van der Waals surface area contributed by atoms with Crippen LogP contribution in [0.3, 0.4) is 0 Å². The summed E-state index contributed by atoms with van der Waals surface area (Å²) in [4.78, 5) is 25.5. The lowest BCUT2D eigenvalue weighted by molar-refractivity contribution is -0.178. The fourth-order valence-electron chi connectivity index (χ4n) is 6.16. The van der Waals surface area contributed by atoms with Crippen molar-refractivity contribution in [2.45, 2.75) is 77.4 Å². The molecule has 0 aliphatic heterocycles.